The number of piperazine rings is 3. The molecule has 18 rings (SSSR count). The molecular formula is C99H100Cl3F4N23O7. The lowest BCUT2D eigenvalue weighted by molar-refractivity contribution is -0.129. The second-order valence-electron chi connectivity index (χ2n) is 35.7. The highest BCUT2D eigenvalue weighted by Gasteiger charge is 2.40. The third-order valence-corrected chi connectivity index (χ3v) is 26.4. The van der Waals surface area contributed by atoms with Crippen molar-refractivity contribution < 1.29 is 37.1 Å². The van der Waals surface area contributed by atoms with Crippen LogP contribution in [0.1, 0.15) is 129 Å². The summed E-state index contributed by atoms with van der Waals surface area (Å²) in [4.78, 5) is 143. The van der Waals surface area contributed by atoms with Crippen molar-refractivity contribution in [2.75, 3.05) is 54.0 Å². The van der Waals surface area contributed by atoms with Crippen LogP contribution in [0.5, 0.6) is 5.75 Å². The van der Waals surface area contributed by atoms with E-state index in [0.717, 1.165) is 21.8 Å². The number of imidazole rings is 3. The van der Waals surface area contributed by atoms with Crippen LogP contribution in [0.15, 0.2) is 162 Å². The van der Waals surface area contributed by atoms with Crippen LogP contribution in [-0.4, -0.2) is 195 Å². The normalized spacial score (nSPS) is 17.1. The van der Waals surface area contributed by atoms with Gasteiger partial charge in [0.2, 0.25) is 17.7 Å². The van der Waals surface area contributed by atoms with Crippen LogP contribution >= 0.6 is 34.8 Å². The number of amides is 3. The van der Waals surface area contributed by atoms with E-state index in [1.165, 1.54) is 63.8 Å². The van der Waals surface area contributed by atoms with Gasteiger partial charge in [0.15, 0.2) is 28.2 Å². The van der Waals surface area contributed by atoms with Crippen molar-refractivity contribution in [1.82, 2.24) is 96.9 Å². The smallest absolute Gasteiger partial charge is 0.355 e. The van der Waals surface area contributed by atoms with Crippen molar-refractivity contribution in [2.24, 2.45) is 21.1 Å². The zero-order chi connectivity index (χ0) is 97.8. The summed E-state index contributed by atoms with van der Waals surface area (Å²) in [6.07, 6.45) is 8.84. The zero-order valence-electron chi connectivity index (χ0n) is 78.0. The summed E-state index contributed by atoms with van der Waals surface area (Å²) in [6, 6.07) is 21.1. The Morgan fingerprint density at radius 2 is 0.735 bits per heavy atom. The van der Waals surface area contributed by atoms with Crippen molar-refractivity contribution in [3.8, 4) is 56.6 Å². The average molecular weight is 1910 g/mol. The minimum atomic E-state index is -0.832. The summed E-state index contributed by atoms with van der Waals surface area (Å²) in [5.74, 6) is -2.78. The number of carbonyl (C=O) groups excluding carboxylic acids is 3. The largest absolute Gasteiger partial charge is 0.507 e. The first kappa shape index (κ1) is 95.1. The van der Waals surface area contributed by atoms with Gasteiger partial charge in [0.25, 0.3) is 0 Å². The number of rotatable bonds is 15. The van der Waals surface area contributed by atoms with Crippen LogP contribution in [0.25, 0.3) is 117 Å². The minimum Gasteiger partial charge on any atom is -0.507 e. The fraction of sp³-hybridized carbons (Fsp3) is 0.323. The van der Waals surface area contributed by atoms with Crippen molar-refractivity contribution >= 4 is 136 Å². The predicted octanol–water partition coefficient (Wildman–Crippen LogP) is 16.8. The predicted molar refractivity (Wildman–Crippen MR) is 523 cm³/mol. The summed E-state index contributed by atoms with van der Waals surface area (Å²) in [6.45, 7) is 40.3. The first-order valence-corrected chi connectivity index (χ1v) is 45.6. The van der Waals surface area contributed by atoms with Crippen molar-refractivity contribution in [2.45, 2.75) is 151 Å². The van der Waals surface area contributed by atoms with Gasteiger partial charge >= 0.3 is 17.1 Å². The third-order valence-electron chi connectivity index (χ3n) is 25.5. The molecule has 14 heterocycles. The first-order valence-electron chi connectivity index (χ1n) is 44.4. The van der Waals surface area contributed by atoms with Gasteiger partial charge in [-0.3, -0.25) is 14.4 Å². The van der Waals surface area contributed by atoms with Crippen LogP contribution in [0.2, 0.25) is 15.1 Å². The monoisotopic (exact) mass is 1900 g/mol. The molecule has 3 amide bonds. The van der Waals surface area contributed by atoms with Gasteiger partial charge < -0.3 is 48.2 Å². The molecule has 0 saturated carbocycles. The van der Waals surface area contributed by atoms with E-state index in [0.29, 0.717) is 129 Å². The molecule has 3 aliphatic heterocycles. The number of carbonyl (C=O) groups is 3. The van der Waals surface area contributed by atoms with E-state index in [-0.39, 0.29) is 149 Å². The standard InChI is InChI=1S/C33H32ClF2N7O3.2C33H34ClFN8O2/c1-7-25(45)41-13-18(5)42(14-17(41)4)31-19-11-20(34)28(27-21(35)9-8-10-24(27)44)38-32(19)43(33(46)39-31)30-22(36)12-23-29(26(30)16(2)3)37-15-40(23)6;2*1-8-25(44)41-14-19(5)42(15-18(41)4)30-22-13-23(34)27(21-11-9-10-12-24(21)35)38-31(22)43(33(45)39-30)29-20(6)37-32-28(26(29)17(2)3)36-16-40(32)7/h7-12,15-18,44H,1,13-14H2,2-6H3;2*8-13,16-19H,1,14-15H2,2-7H3/t17-,18+;2*18-,19+/m111/s1. The lowest BCUT2D eigenvalue weighted by atomic mass is 9.98. The number of pyridine rings is 5. The maximum absolute atomic E-state index is 16.3. The van der Waals surface area contributed by atoms with Gasteiger partial charge in [0.1, 0.15) is 57.5 Å². The maximum Gasteiger partial charge on any atom is 0.355 e. The maximum atomic E-state index is 16.3. The van der Waals surface area contributed by atoms with E-state index in [2.05, 4.69) is 54.6 Å². The Hall–Kier alpha value is -14.1. The minimum absolute atomic E-state index is 0.0212. The number of phenolic OH excluding ortho intramolecular Hbond substituents is 1. The summed E-state index contributed by atoms with van der Waals surface area (Å²) >= 11 is 20.4. The molecule has 11 aromatic heterocycles. The van der Waals surface area contributed by atoms with E-state index >= 15 is 17.6 Å². The Labute approximate surface area is 794 Å². The van der Waals surface area contributed by atoms with Crippen molar-refractivity contribution in [3.63, 3.8) is 0 Å². The topological polar surface area (TPSA) is 313 Å². The number of anilines is 3. The molecule has 0 radical (unpaired) electrons. The van der Waals surface area contributed by atoms with Gasteiger partial charge in [-0.05, 0) is 146 Å². The molecule has 0 bridgehead atoms. The van der Waals surface area contributed by atoms with Crippen molar-refractivity contribution in [1.29, 1.82) is 0 Å². The number of hydrogen-bond donors (Lipinski definition) is 1. The molecule has 3 aliphatic rings. The van der Waals surface area contributed by atoms with Gasteiger partial charge in [-0.2, -0.15) is 15.0 Å². The van der Waals surface area contributed by atoms with Crippen LogP contribution in [-0.2, 0) is 35.5 Å². The molecule has 702 valence electrons. The molecule has 37 heteroatoms. The first-order chi connectivity index (χ1) is 64.7. The molecule has 1 N–H and O–H groups in total. The average Bonchev–Trinajstić information content (AvgIpc) is 1.12. The number of fused-ring (bicyclic) bond motifs is 6. The second-order valence-corrected chi connectivity index (χ2v) is 37.0. The Morgan fingerprint density at radius 3 is 1.10 bits per heavy atom. The number of aryl methyl sites for hydroxylation is 5. The molecule has 3 saturated heterocycles. The van der Waals surface area contributed by atoms with Gasteiger partial charge in [0, 0.05) is 131 Å². The van der Waals surface area contributed by atoms with Gasteiger partial charge in [-0.15, -0.1) is 0 Å². The Morgan fingerprint density at radius 1 is 0.404 bits per heavy atom. The van der Waals surface area contributed by atoms with E-state index in [4.69, 9.17) is 54.7 Å². The molecule has 0 spiro atoms. The Kier molecular flexibility index (Phi) is 26.1. The highest BCUT2D eigenvalue weighted by molar-refractivity contribution is 6.35. The molecule has 30 nitrogen and oxygen atoms in total. The number of hydrogen-bond acceptors (Lipinski definition) is 21. The molecule has 3 fully saturated rings. The van der Waals surface area contributed by atoms with Gasteiger partial charge in [-0.1, -0.05) is 126 Å². The SMILES string of the molecule is C=CC(=O)N1C[C@H](C)N(c2nc(=O)n(-c3c(C)nc4c(ncn4C)c3C(C)C)c3nc(-c4ccccc4F)c(Cl)cc23)C[C@H]1C.C=CC(=O)N1C[C@H](C)N(c2nc(=O)n(-c3c(C)nc4c(ncn4C)c3C(C)C)c3nc(-c4ccccc4F)c(Cl)cc23)C[C@H]1C.C=CC(=O)N1C[C@H](C)N(c2nc(=O)n(-c3c(F)cc4c(ncn4C)c3C(C)C)c3nc(-c4c(O)cccc4F)c(Cl)cc23)C[C@H]1C. The Bertz CT molecular complexity index is 7360. The molecule has 0 unspecified atom stereocenters. The van der Waals surface area contributed by atoms with E-state index in [1.54, 1.807) is 93.8 Å². The van der Waals surface area contributed by atoms with Crippen LogP contribution in [0.3, 0.4) is 0 Å². The second kappa shape index (κ2) is 37.3. The fourth-order valence-electron chi connectivity index (χ4n) is 18.9. The quantitative estimate of drug-likeness (QED) is 0.0736. The highest BCUT2D eigenvalue weighted by atomic mass is 35.5. The molecule has 4 aromatic carbocycles. The van der Waals surface area contributed by atoms with Gasteiger partial charge in [0.05, 0.1) is 112 Å². The summed E-state index contributed by atoms with van der Waals surface area (Å²) in [5.41, 5.74) is 6.95. The molecule has 6 atom stereocenters. The van der Waals surface area contributed by atoms with Crippen LogP contribution < -0.4 is 31.8 Å². The number of nitrogens with zero attached hydrogens (tertiary/aromatic N) is 23. The van der Waals surface area contributed by atoms with E-state index in [1.807, 2.05) is 135 Å². The number of benzene rings is 4. The molecule has 0 aliphatic carbocycles. The number of aromatic nitrogens is 17. The lowest BCUT2D eigenvalue weighted by Gasteiger charge is -2.44. The van der Waals surface area contributed by atoms with E-state index < -0.39 is 46.1 Å². The number of phenols is 1. The van der Waals surface area contributed by atoms with Crippen LogP contribution in [0, 0.1) is 37.1 Å². The third kappa shape index (κ3) is 16.7. The zero-order valence-corrected chi connectivity index (χ0v) is 80.3. The van der Waals surface area contributed by atoms with Crippen molar-refractivity contribution in [3.05, 3.63) is 246 Å². The Balaban J connectivity index is 0.000000148. The summed E-state index contributed by atoms with van der Waals surface area (Å²) < 4.78 is 71.1. The van der Waals surface area contributed by atoms with E-state index in [9.17, 15) is 33.9 Å². The number of halogens is 7. The fourth-order valence-corrected chi connectivity index (χ4v) is 19.7. The summed E-state index contributed by atoms with van der Waals surface area (Å²) in [7, 11) is 5.49. The van der Waals surface area contributed by atoms with Gasteiger partial charge in [-0.25, -0.2) is 85.5 Å². The summed E-state index contributed by atoms with van der Waals surface area (Å²) in [5, 5.41) is 12.4. The molecular weight excluding hydrogens is 1810 g/mol. The highest BCUT2D eigenvalue weighted by Crippen LogP contribution is 2.45. The lowest BCUT2D eigenvalue weighted by Crippen LogP contribution is -2.58. The molecule has 136 heavy (non-hydrogen) atoms. The molecule has 15 aromatic rings. The number of aromatic hydroxyl groups is 1. The van der Waals surface area contributed by atoms with Crippen LogP contribution in [0.4, 0.5) is 35.0 Å².